The monoisotopic (exact) mass is 270 g/mol. The van der Waals surface area contributed by atoms with Crippen molar-refractivity contribution in [3.05, 3.63) is 22.2 Å². The molecule has 0 spiro atoms. The van der Waals surface area contributed by atoms with Gasteiger partial charge in [0.25, 0.3) is 0 Å². The first-order chi connectivity index (χ1) is 8.09. The summed E-state index contributed by atoms with van der Waals surface area (Å²) in [4.78, 5) is 0. The van der Waals surface area contributed by atoms with E-state index >= 15 is 0 Å². The molecule has 0 unspecified atom stereocenters. The summed E-state index contributed by atoms with van der Waals surface area (Å²) in [6.07, 6.45) is 0. The first-order valence-corrected chi connectivity index (χ1v) is 6.68. The lowest BCUT2D eigenvalue weighted by Gasteiger charge is -2.01. The van der Waals surface area contributed by atoms with Gasteiger partial charge in [0, 0.05) is 14.1 Å². The van der Waals surface area contributed by atoms with Crippen molar-refractivity contribution in [2.45, 2.75) is 18.4 Å². The summed E-state index contributed by atoms with van der Waals surface area (Å²) >= 11 is 6.79. The Balaban J connectivity index is 1.94. The van der Waals surface area contributed by atoms with E-state index in [1.165, 1.54) is 0 Å². The van der Waals surface area contributed by atoms with Gasteiger partial charge in [-0.25, -0.2) is 0 Å². The normalized spacial score (nSPS) is 11.0. The minimum atomic E-state index is 0.648. The summed E-state index contributed by atoms with van der Waals surface area (Å²) in [6, 6.07) is 0. The Morgan fingerprint density at radius 3 is 2.41 bits per heavy atom. The van der Waals surface area contributed by atoms with Gasteiger partial charge >= 0.3 is 0 Å². The molecule has 0 radical (unpaired) electrons. The van der Waals surface area contributed by atoms with Gasteiger partial charge in [-0.3, -0.25) is 5.10 Å². The Labute approximate surface area is 108 Å². The van der Waals surface area contributed by atoms with Gasteiger partial charge in [-0.1, -0.05) is 0 Å². The first-order valence-electron chi connectivity index (χ1n) is 5.12. The van der Waals surface area contributed by atoms with Crippen LogP contribution in [0.4, 0.5) is 0 Å². The molecule has 0 atom stereocenters. The van der Waals surface area contributed by atoms with Crippen molar-refractivity contribution in [3.63, 3.8) is 0 Å². The highest BCUT2D eigenvalue weighted by atomic mass is 32.2. The number of nitrogens with zero attached hydrogens (tertiary/aromatic N) is 5. The first kappa shape index (κ1) is 12.3. The van der Waals surface area contributed by atoms with Crippen LogP contribution >= 0.6 is 24.0 Å². The van der Waals surface area contributed by atoms with Gasteiger partial charge in [0.1, 0.15) is 17.5 Å². The van der Waals surface area contributed by atoms with Crippen molar-refractivity contribution in [1.29, 1.82) is 0 Å². The van der Waals surface area contributed by atoms with E-state index in [4.69, 9.17) is 12.2 Å². The van der Waals surface area contributed by atoms with Crippen molar-refractivity contribution >= 4 is 24.0 Å². The number of aryl methyl sites for hydroxylation is 1. The minimum absolute atomic E-state index is 0.648. The fourth-order valence-corrected chi connectivity index (χ4v) is 2.45. The molecule has 2 heterocycles. The highest BCUT2D eigenvalue weighted by molar-refractivity contribution is 7.97. The maximum Gasteiger partial charge on any atom is 0.194 e. The van der Waals surface area contributed by atoms with E-state index in [-0.39, 0.29) is 0 Å². The van der Waals surface area contributed by atoms with E-state index in [1.54, 1.807) is 11.8 Å². The third-order valence-electron chi connectivity index (χ3n) is 2.62. The van der Waals surface area contributed by atoms with E-state index in [9.17, 15) is 0 Å². The maximum atomic E-state index is 5.05. The van der Waals surface area contributed by atoms with Crippen LogP contribution in [0.25, 0.3) is 0 Å². The highest BCUT2D eigenvalue weighted by Crippen LogP contribution is 2.15. The number of rotatable bonds is 4. The van der Waals surface area contributed by atoms with E-state index < -0.39 is 0 Å². The fourth-order valence-electron chi connectivity index (χ4n) is 1.32. The van der Waals surface area contributed by atoms with Crippen molar-refractivity contribution < 1.29 is 0 Å². The third-order valence-corrected chi connectivity index (χ3v) is 3.91. The zero-order valence-corrected chi connectivity index (χ0v) is 11.6. The standard InChI is InChI=1S/C9H14N6S2/c1-6-10-11-7(14(6)2)4-17-5-8-12-13-9(16)15(8)3/h4-5H2,1-3H3,(H,13,16). The topological polar surface area (TPSA) is 64.3 Å². The van der Waals surface area contributed by atoms with Gasteiger partial charge in [0.05, 0.1) is 11.5 Å². The lowest BCUT2D eigenvalue weighted by molar-refractivity contribution is 0.814. The molecule has 0 saturated heterocycles. The van der Waals surface area contributed by atoms with Gasteiger partial charge in [-0.15, -0.1) is 22.0 Å². The molecule has 0 saturated carbocycles. The van der Waals surface area contributed by atoms with Crippen LogP contribution in [0.15, 0.2) is 0 Å². The van der Waals surface area contributed by atoms with Crippen LogP contribution in [0.2, 0.25) is 0 Å². The lowest BCUT2D eigenvalue weighted by atomic mass is 10.6. The van der Waals surface area contributed by atoms with Crippen molar-refractivity contribution in [3.8, 4) is 0 Å². The van der Waals surface area contributed by atoms with Crippen LogP contribution in [0, 0.1) is 11.7 Å². The number of hydrogen-bond acceptors (Lipinski definition) is 5. The number of thioether (sulfide) groups is 1. The SMILES string of the molecule is Cc1nnc(CSCc2n[nH]c(=S)n2C)n1C. The Hall–Kier alpha value is -1.15. The van der Waals surface area contributed by atoms with Gasteiger partial charge in [-0.05, 0) is 19.1 Å². The molecule has 6 nitrogen and oxygen atoms in total. The number of aromatic nitrogens is 6. The summed E-state index contributed by atoms with van der Waals surface area (Å²) in [6.45, 7) is 1.94. The molecule has 2 rings (SSSR count). The van der Waals surface area contributed by atoms with E-state index in [1.807, 2.05) is 30.2 Å². The van der Waals surface area contributed by atoms with Crippen LogP contribution < -0.4 is 0 Å². The summed E-state index contributed by atoms with van der Waals surface area (Å²) in [5.41, 5.74) is 0. The number of H-pyrrole nitrogens is 1. The zero-order chi connectivity index (χ0) is 12.4. The predicted molar refractivity (Wildman–Crippen MR) is 69.1 cm³/mol. The Morgan fingerprint density at radius 1 is 1.18 bits per heavy atom. The van der Waals surface area contributed by atoms with Gasteiger partial charge < -0.3 is 9.13 Å². The van der Waals surface area contributed by atoms with Crippen LogP contribution in [-0.2, 0) is 25.6 Å². The summed E-state index contributed by atoms with van der Waals surface area (Å²) in [5, 5.41) is 15.1. The van der Waals surface area contributed by atoms with Crippen LogP contribution in [0.3, 0.4) is 0 Å². The fraction of sp³-hybridized carbons (Fsp3) is 0.556. The van der Waals surface area contributed by atoms with E-state index in [2.05, 4.69) is 20.4 Å². The van der Waals surface area contributed by atoms with E-state index in [0.29, 0.717) is 4.77 Å². The minimum Gasteiger partial charge on any atom is -0.318 e. The molecular formula is C9H14N6S2. The largest absolute Gasteiger partial charge is 0.318 e. The summed E-state index contributed by atoms with van der Waals surface area (Å²) in [7, 11) is 3.88. The molecule has 8 heteroatoms. The molecule has 1 N–H and O–H groups in total. The molecular weight excluding hydrogens is 256 g/mol. The average Bonchev–Trinajstić information content (AvgIpc) is 2.79. The number of nitrogens with one attached hydrogen (secondary N) is 1. The molecule has 0 aliphatic heterocycles. The van der Waals surface area contributed by atoms with Gasteiger partial charge in [0.2, 0.25) is 0 Å². The second kappa shape index (κ2) is 5.01. The molecule has 0 aliphatic carbocycles. The van der Waals surface area contributed by atoms with E-state index in [0.717, 1.165) is 29.0 Å². The van der Waals surface area contributed by atoms with Crippen molar-refractivity contribution in [1.82, 2.24) is 29.5 Å². The molecule has 0 bridgehead atoms. The molecule has 2 aromatic rings. The molecule has 0 amide bonds. The van der Waals surface area contributed by atoms with Crippen LogP contribution in [0.5, 0.6) is 0 Å². The van der Waals surface area contributed by atoms with Gasteiger partial charge in [-0.2, -0.15) is 5.10 Å². The number of aromatic amines is 1. The molecule has 0 fully saturated rings. The summed E-state index contributed by atoms with van der Waals surface area (Å²) < 4.78 is 4.52. The molecule has 0 aromatic carbocycles. The molecule has 17 heavy (non-hydrogen) atoms. The second-order valence-corrected chi connectivity index (χ2v) is 5.09. The predicted octanol–water partition coefficient (Wildman–Crippen LogP) is 1.35. The van der Waals surface area contributed by atoms with Crippen molar-refractivity contribution in [2.24, 2.45) is 14.1 Å². The zero-order valence-electron chi connectivity index (χ0n) is 9.97. The molecule has 2 aromatic heterocycles. The maximum absolute atomic E-state index is 5.05. The second-order valence-electron chi connectivity index (χ2n) is 3.72. The van der Waals surface area contributed by atoms with Crippen LogP contribution in [-0.4, -0.2) is 29.5 Å². The third kappa shape index (κ3) is 2.58. The van der Waals surface area contributed by atoms with Crippen molar-refractivity contribution in [2.75, 3.05) is 0 Å². The summed E-state index contributed by atoms with van der Waals surface area (Å²) in [5.74, 6) is 4.47. The van der Waals surface area contributed by atoms with Gasteiger partial charge in [0.15, 0.2) is 4.77 Å². The number of hydrogen-bond donors (Lipinski definition) is 1. The highest BCUT2D eigenvalue weighted by Gasteiger charge is 2.06. The Morgan fingerprint density at radius 2 is 1.88 bits per heavy atom. The van der Waals surface area contributed by atoms with Crippen LogP contribution in [0.1, 0.15) is 17.5 Å². The Bertz CT molecular complexity index is 566. The Kier molecular flexibility index (Phi) is 3.63. The molecule has 0 aliphatic rings. The smallest absolute Gasteiger partial charge is 0.194 e. The molecule has 92 valence electrons. The quantitative estimate of drug-likeness (QED) is 0.850. The lowest BCUT2D eigenvalue weighted by Crippen LogP contribution is -1.99. The average molecular weight is 270 g/mol.